The minimum atomic E-state index is -0.292. The van der Waals surface area contributed by atoms with Gasteiger partial charge in [-0.3, -0.25) is 0 Å². The Bertz CT molecular complexity index is 792. The van der Waals surface area contributed by atoms with Crippen molar-refractivity contribution in [1.82, 2.24) is 5.32 Å². The Hall–Kier alpha value is -2.98. The van der Waals surface area contributed by atoms with E-state index in [1.54, 1.807) is 0 Å². The summed E-state index contributed by atoms with van der Waals surface area (Å²) in [6.45, 7) is 6.37. The molecule has 0 spiro atoms. The molecule has 1 unspecified atom stereocenters. The molecule has 0 radical (unpaired) electrons. The number of nitrogens with one attached hydrogen (secondary N) is 1. The van der Waals surface area contributed by atoms with Crippen LogP contribution in [-0.4, -0.2) is 6.17 Å². The largest absolute Gasteiger partial charge is 0.489 e. The topological polar surface area (TPSA) is 56.5 Å². The lowest BCUT2D eigenvalue weighted by Crippen LogP contribution is -2.40. The van der Waals surface area contributed by atoms with E-state index in [0.29, 0.717) is 12.4 Å². The number of benzene rings is 2. The van der Waals surface area contributed by atoms with Crippen LogP contribution in [0.5, 0.6) is 11.5 Å². The molecule has 0 saturated heterocycles. The Morgan fingerprint density at radius 1 is 1.04 bits per heavy atom. The molecule has 25 heavy (non-hydrogen) atoms. The zero-order chi connectivity index (χ0) is 17.6. The van der Waals surface area contributed by atoms with Crippen molar-refractivity contribution in [2.45, 2.75) is 19.7 Å². The van der Waals surface area contributed by atoms with E-state index >= 15 is 0 Å². The molecule has 4 nitrogen and oxygen atoms in total. The van der Waals surface area contributed by atoms with Gasteiger partial charge in [0.15, 0.2) is 0 Å². The number of nitrogens with two attached hydrogens (primary N) is 1. The van der Waals surface area contributed by atoms with Crippen LogP contribution in [0.2, 0.25) is 0 Å². The van der Waals surface area contributed by atoms with Gasteiger partial charge in [0.1, 0.15) is 30.0 Å². The first-order valence-corrected chi connectivity index (χ1v) is 8.16. The van der Waals surface area contributed by atoms with Crippen molar-refractivity contribution in [1.29, 1.82) is 0 Å². The van der Waals surface area contributed by atoms with Gasteiger partial charge in [-0.05, 0) is 42.8 Å². The molecule has 0 bridgehead atoms. The molecular weight excluding hydrogens is 312 g/mol. The Morgan fingerprint density at radius 3 is 2.40 bits per heavy atom. The van der Waals surface area contributed by atoms with E-state index in [1.165, 1.54) is 0 Å². The number of hydrogen-bond donors (Lipinski definition) is 2. The highest BCUT2D eigenvalue weighted by Gasteiger charge is 2.16. The fraction of sp³-hybridized carbons (Fsp3) is 0.143. The van der Waals surface area contributed by atoms with Gasteiger partial charge in [-0.15, -0.1) is 0 Å². The van der Waals surface area contributed by atoms with Crippen LogP contribution in [0.4, 0.5) is 0 Å². The number of rotatable bonds is 6. The molecule has 1 atom stereocenters. The summed E-state index contributed by atoms with van der Waals surface area (Å²) in [5.74, 6) is 2.18. The summed E-state index contributed by atoms with van der Waals surface area (Å²) >= 11 is 0. The van der Waals surface area contributed by atoms with Crippen LogP contribution in [0.15, 0.2) is 90.4 Å². The standard InChI is InChI=1S/C21H22N2O2/c1-15-8-13-20(21(22)23-15)16(2)24-14-17-9-11-19(12-10-17)25-18-6-4-3-5-7-18/h3-13,21,23H,2,14,22H2,1H3. The van der Waals surface area contributed by atoms with E-state index < -0.39 is 0 Å². The molecule has 4 heteroatoms. The predicted molar refractivity (Wildman–Crippen MR) is 99.8 cm³/mol. The normalized spacial score (nSPS) is 16.3. The van der Waals surface area contributed by atoms with Crippen LogP contribution in [0.3, 0.4) is 0 Å². The van der Waals surface area contributed by atoms with Crippen LogP contribution >= 0.6 is 0 Å². The molecule has 1 aliphatic heterocycles. The van der Waals surface area contributed by atoms with Gasteiger partial charge >= 0.3 is 0 Å². The summed E-state index contributed by atoms with van der Waals surface area (Å²) in [6, 6.07) is 17.5. The van der Waals surface area contributed by atoms with Crippen molar-refractivity contribution >= 4 is 0 Å². The molecular formula is C21H22N2O2. The van der Waals surface area contributed by atoms with Gasteiger partial charge in [0.2, 0.25) is 0 Å². The van der Waals surface area contributed by atoms with Gasteiger partial charge in [-0.1, -0.05) is 43.0 Å². The number of hydrogen-bond acceptors (Lipinski definition) is 4. The van der Waals surface area contributed by atoms with Crippen molar-refractivity contribution in [2.24, 2.45) is 5.73 Å². The van der Waals surface area contributed by atoms with Crippen molar-refractivity contribution in [3.63, 3.8) is 0 Å². The third-order valence-electron chi connectivity index (χ3n) is 3.87. The summed E-state index contributed by atoms with van der Waals surface area (Å²) in [5.41, 5.74) is 8.97. The van der Waals surface area contributed by atoms with Crippen LogP contribution in [0, 0.1) is 0 Å². The molecule has 0 fully saturated rings. The molecule has 0 aromatic heterocycles. The lowest BCUT2D eigenvalue weighted by atomic mass is 10.1. The maximum atomic E-state index is 6.05. The van der Waals surface area contributed by atoms with E-state index in [9.17, 15) is 0 Å². The second-order valence-corrected chi connectivity index (χ2v) is 5.86. The van der Waals surface area contributed by atoms with E-state index in [-0.39, 0.29) is 6.17 Å². The lowest BCUT2D eigenvalue weighted by Gasteiger charge is -2.24. The van der Waals surface area contributed by atoms with Gasteiger partial charge in [0.05, 0.1) is 0 Å². The zero-order valence-corrected chi connectivity index (χ0v) is 14.2. The molecule has 3 rings (SSSR count). The summed E-state index contributed by atoms with van der Waals surface area (Å²) in [4.78, 5) is 0. The van der Waals surface area contributed by atoms with Gasteiger partial charge in [0, 0.05) is 11.3 Å². The fourth-order valence-corrected chi connectivity index (χ4v) is 2.49. The molecule has 2 aromatic carbocycles. The average molecular weight is 334 g/mol. The number of dihydropyridines is 1. The van der Waals surface area contributed by atoms with Gasteiger partial charge in [-0.2, -0.15) is 0 Å². The summed E-state index contributed by atoms with van der Waals surface area (Å²) in [7, 11) is 0. The fourth-order valence-electron chi connectivity index (χ4n) is 2.49. The first kappa shape index (κ1) is 16.9. The number of para-hydroxylation sites is 1. The second-order valence-electron chi connectivity index (χ2n) is 5.86. The van der Waals surface area contributed by atoms with Crippen molar-refractivity contribution < 1.29 is 9.47 Å². The van der Waals surface area contributed by atoms with Gasteiger partial charge in [-0.25, -0.2) is 0 Å². The average Bonchev–Trinajstić information content (AvgIpc) is 2.62. The van der Waals surface area contributed by atoms with Crippen molar-refractivity contribution in [3.05, 3.63) is 95.9 Å². The molecule has 0 amide bonds. The molecule has 0 saturated carbocycles. The smallest absolute Gasteiger partial charge is 0.127 e. The molecule has 128 valence electrons. The molecule has 2 aromatic rings. The maximum absolute atomic E-state index is 6.05. The molecule has 1 aliphatic rings. The second kappa shape index (κ2) is 7.73. The zero-order valence-electron chi connectivity index (χ0n) is 14.2. The summed E-state index contributed by atoms with van der Waals surface area (Å²) in [5, 5.41) is 3.15. The first-order chi connectivity index (χ1) is 12.1. The first-order valence-electron chi connectivity index (χ1n) is 8.16. The third kappa shape index (κ3) is 4.52. The van der Waals surface area contributed by atoms with Gasteiger partial charge in [0.25, 0.3) is 0 Å². The SMILES string of the molecule is C=C(OCc1ccc(Oc2ccccc2)cc1)C1=CC=C(C)NC1N. The molecule has 0 aliphatic carbocycles. The van der Waals surface area contributed by atoms with Crippen LogP contribution in [0.1, 0.15) is 12.5 Å². The monoisotopic (exact) mass is 334 g/mol. The van der Waals surface area contributed by atoms with Crippen LogP contribution in [-0.2, 0) is 11.3 Å². The quantitative estimate of drug-likeness (QED) is 0.776. The Morgan fingerprint density at radius 2 is 1.72 bits per heavy atom. The third-order valence-corrected chi connectivity index (χ3v) is 3.87. The highest BCUT2D eigenvalue weighted by Crippen LogP contribution is 2.22. The summed E-state index contributed by atoms with van der Waals surface area (Å²) < 4.78 is 11.6. The van der Waals surface area contributed by atoms with E-state index in [1.807, 2.05) is 73.7 Å². The van der Waals surface area contributed by atoms with E-state index in [4.69, 9.17) is 15.2 Å². The van der Waals surface area contributed by atoms with Gasteiger partial charge < -0.3 is 20.5 Å². The Kier molecular flexibility index (Phi) is 5.21. The van der Waals surface area contributed by atoms with Crippen LogP contribution in [0.25, 0.3) is 0 Å². The highest BCUT2D eigenvalue weighted by atomic mass is 16.5. The maximum Gasteiger partial charge on any atom is 0.127 e. The van der Waals surface area contributed by atoms with E-state index in [2.05, 4.69) is 11.9 Å². The minimum absolute atomic E-state index is 0.292. The molecule has 1 heterocycles. The number of allylic oxidation sites excluding steroid dienone is 3. The van der Waals surface area contributed by atoms with Crippen LogP contribution < -0.4 is 15.8 Å². The Balaban J connectivity index is 1.56. The molecule has 3 N–H and O–H groups in total. The minimum Gasteiger partial charge on any atom is -0.489 e. The highest BCUT2D eigenvalue weighted by molar-refractivity contribution is 5.37. The predicted octanol–water partition coefficient (Wildman–Crippen LogP) is 4.23. The Labute approximate surface area is 148 Å². The van der Waals surface area contributed by atoms with E-state index in [0.717, 1.165) is 28.3 Å². The summed E-state index contributed by atoms with van der Waals surface area (Å²) in [6.07, 6.45) is 3.61. The van der Waals surface area contributed by atoms with Crippen molar-refractivity contribution in [3.8, 4) is 11.5 Å². The lowest BCUT2D eigenvalue weighted by molar-refractivity contribution is 0.204. The van der Waals surface area contributed by atoms with Crippen molar-refractivity contribution in [2.75, 3.05) is 0 Å². The number of ether oxygens (including phenoxy) is 2.